The predicted molar refractivity (Wildman–Crippen MR) is 176 cm³/mol. The number of fused-ring (bicyclic) bond motifs is 3. The molecule has 50 heavy (non-hydrogen) atoms. The number of nitrogens with two attached hydrogens (primary N) is 2. The van der Waals surface area contributed by atoms with Gasteiger partial charge in [0, 0.05) is 23.9 Å². The molecule has 6 N–H and O–H groups in total. The molecule has 4 aromatic rings. The van der Waals surface area contributed by atoms with Gasteiger partial charge in [0.2, 0.25) is 5.95 Å². The van der Waals surface area contributed by atoms with Gasteiger partial charge in [0.15, 0.2) is 28.6 Å². The van der Waals surface area contributed by atoms with Crippen LogP contribution in [-0.2, 0) is 32.6 Å². The molecular formula is C28H37N10O10PS. The maximum Gasteiger partial charge on any atom is 0.509 e. The molecule has 1 unspecified atom stereocenters. The van der Waals surface area contributed by atoms with E-state index in [1.807, 2.05) is 0 Å². The number of anilines is 2. The van der Waals surface area contributed by atoms with Crippen LogP contribution in [0, 0.1) is 11.3 Å². The molecule has 1 aliphatic heterocycles. The third kappa shape index (κ3) is 6.31. The number of nitrogens with zero attached hydrogens (tertiary/aromatic N) is 7. The van der Waals surface area contributed by atoms with E-state index in [2.05, 4.69) is 29.9 Å². The number of rotatable bonds is 13. The molecule has 22 heteroatoms. The smallest absolute Gasteiger partial charge is 0.432 e. The van der Waals surface area contributed by atoms with Gasteiger partial charge in [-0.25, -0.2) is 29.3 Å². The number of aromatic amines is 1. The maximum atomic E-state index is 14.5. The predicted octanol–water partition coefficient (Wildman–Crippen LogP) is 2.13. The fraction of sp³-hybridized carbons (Fsp3) is 0.607. The highest BCUT2D eigenvalue weighted by atomic mass is 32.7. The largest absolute Gasteiger partial charge is 0.509 e. The summed E-state index contributed by atoms with van der Waals surface area (Å²) in [7, 11) is 1.54. The summed E-state index contributed by atoms with van der Waals surface area (Å²) < 4.78 is 52.1. The Bertz CT molecular complexity index is 2010. The fourth-order valence-electron chi connectivity index (χ4n) is 6.97. The molecule has 0 aromatic carbocycles. The van der Waals surface area contributed by atoms with Crippen molar-refractivity contribution in [3.63, 3.8) is 0 Å². The molecular weight excluding hydrogens is 699 g/mol. The Morgan fingerprint density at radius 2 is 1.96 bits per heavy atom. The van der Waals surface area contributed by atoms with E-state index in [-0.39, 0.29) is 42.1 Å². The second-order valence-electron chi connectivity index (χ2n) is 12.7. The number of aromatic nitrogens is 8. The normalized spacial score (nSPS) is 28.7. The Kier molecular flexibility index (Phi) is 9.25. The van der Waals surface area contributed by atoms with E-state index < -0.39 is 66.6 Å². The molecule has 8 atom stereocenters. The molecule has 7 rings (SSSR count). The molecule has 270 valence electrons. The lowest BCUT2D eigenvalue weighted by Crippen LogP contribution is -2.37. The van der Waals surface area contributed by atoms with Crippen molar-refractivity contribution in [2.75, 3.05) is 37.7 Å². The lowest BCUT2D eigenvalue weighted by Gasteiger charge is -2.31. The number of hydrogen-bond donors (Lipinski definition) is 4. The number of aliphatic hydroxyl groups excluding tert-OH is 1. The van der Waals surface area contributed by atoms with Gasteiger partial charge in [-0.05, 0) is 39.0 Å². The Morgan fingerprint density at radius 3 is 2.74 bits per heavy atom. The molecule has 4 aromatic heterocycles. The third-order valence-electron chi connectivity index (χ3n) is 9.17. The topological polar surface area (TPSA) is 269 Å². The van der Waals surface area contributed by atoms with Crippen LogP contribution in [0.2, 0.25) is 0 Å². The molecule has 0 bridgehead atoms. The molecule has 0 radical (unpaired) electrons. The van der Waals surface area contributed by atoms with Crippen molar-refractivity contribution in [1.82, 2.24) is 39.0 Å². The third-order valence-corrected chi connectivity index (χ3v) is 12.5. The van der Waals surface area contributed by atoms with E-state index in [0.717, 1.165) is 0 Å². The minimum absolute atomic E-state index is 0.0594. The van der Waals surface area contributed by atoms with Crippen LogP contribution in [0.3, 0.4) is 0 Å². The van der Waals surface area contributed by atoms with Crippen LogP contribution < -0.4 is 17.0 Å². The maximum absolute atomic E-state index is 14.5. The standard InChI is InChI=1S/C28H37N10O10PS/c1-13(2)46-27(41)44-12-50-49(42,45-7-14-4-5-16(47-14)37-10-34-18-24(37)35-26(30)36-25(18)40)48-21-20(39)19(15-6-28(15,21)8-43-3)38-11-33-17-22(29)31-9-32-23(17)38/h9-11,13-16,19-21,39H,4-8,12H2,1-3H3,(H2,29,31,32)(H3,30,35,36,40)/t14-,15+,16+,19+,20-,21-,28+,49?/m0/s1. The summed E-state index contributed by atoms with van der Waals surface area (Å²) >= 11 is 0.643. The molecule has 1 saturated heterocycles. The van der Waals surface area contributed by atoms with Gasteiger partial charge in [-0.1, -0.05) is 0 Å². The summed E-state index contributed by atoms with van der Waals surface area (Å²) in [5.74, 6) is -0.430. The van der Waals surface area contributed by atoms with Gasteiger partial charge in [0.1, 0.15) is 30.3 Å². The van der Waals surface area contributed by atoms with E-state index in [0.29, 0.717) is 41.8 Å². The number of imidazole rings is 2. The van der Waals surface area contributed by atoms with Crippen molar-refractivity contribution in [3.05, 3.63) is 29.3 Å². The number of carbonyl (C=O) groups is 1. The SMILES string of the molecule is COC[C@]12C[C@@H]1[C@@H](n1cnc3c(N)ncnc31)[C@H](O)[C@@H]2OP(=O)(OC[C@@H]1CC[C@H](n2cnc3c(=O)[nH]c(N)nc32)O1)SCOC(=O)OC(C)C. The minimum atomic E-state index is -4.19. The van der Waals surface area contributed by atoms with E-state index in [1.165, 1.54) is 26.1 Å². The van der Waals surface area contributed by atoms with Crippen molar-refractivity contribution < 1.29 is 42.5 Å². The summed E-state index contributed by atoms with van der Waals surface area (Å²) in [5, 5.41) is 11.8. The molecule has 0 amide bonds. The van der Waals surface area contributed by atoms with Gasteiger partial charge in [-0.15, -0.1) is 0 Å². The molecule has 20 nitrogen and oxygen atoms in total. The second kappa shape index (κ2) is 13.4. The first-order valence-electron chi connectivity index (χ1n) is 15.8. The minimum Gasteiger partial charge on any atom is -0.432 e. The average Bonchev–Trinajstić information content (AvgIpc) is 3.48. The lowest BCUT2D eigenvalue weighted by atomic mass is 10.0. The Labute approximate surface area is 287 Å². The average molecular weight is 737 g/mol. The summed E-state index contributed by atoms with van der Waals surface area (Å²) in [6, 6.07) is -0.566. The first-order valence-corrected chi connectivity index (χ1v) is 18.9. The molecule has 2 saturated carbocycles. The van der Waals surface area contributed by atoms with Crippen LogP contribution >= 0.6 is 18.2 Å². The number of nitrogen functional groups attached to an aromatic ring is 2. The highest BCUT2D eigenvalue weighted by molar-refractivity contribution is 8.55. The number of carbonyl (C=O) groups excluding carboxylic acids is 1. The van der Waals surface area contributed by atoms with E-state index in [4.69, 9.17) is 39.5 Å². The number of methoxy groups -OCH3 is 1. The van der Waals surface area contributed by atoms with Crippen LogP contribution in [0.5, 0.6) is 0 Å². The van der Waals surface area contributed by atoms with Gasteiger partial charge < -0.3 is 40.1 Å². The number of nitrogens with one attached hydrogen (secondary N) is 1. The molecule has 0 spiro atoms. The van der Waals surface area contributed by atoms with E-state index >= 15 is 0 Å². The Morgan fingerprint density at radius 1 is 1.18 bits per heavy atom. The monoisotopic (exact) mass is 736 g/mol. The van der Waals surface area contributed by atoms with Crippen LogP contribution in [0.4, 0.5) is 16.6 Å². The summed E-state index contributed by atoms with van der Waals surface area (Å²) in [5.41, 5.74) is 11.8. The van der Waals surface area contributed by atoms with Crippen molar-refractivity contribution >= 4 is 58.4 Å². The quantitative estimate of drug-likeness (QED) is 0.0869. The van der Waals surface area contributed by atoms with Gasteiger partial charge in [0.05, 0.1) is 44.1 Å². The van der Waals surface area contributed by atoms with Crippen molar-refractivity contribution in [1.29, 1.82) is 0 Å². The van der Waals surface area contributed by atoms with Crippen LogP contribution in [-0.4, -0.2) is 101 Å². The summed E-state index contributed by atoms with van der Waals surface area (Å²) in [4.78, 5) is 47.8. The Hall–Kier alpha value is -3.85. The van der Waals surface area contributed by atoms with Crippen LogP contribution in [0.15, 0.2) is 23.8 Å². The zero-order valence-corrected chi connectivity index (χ0v) is 29.0. The highest BCUT2D eigenvalue weighted by Gasteiger charge is 2.73. The second-order valence-corrected chi connectivity index (χ2v) is 16.7. The molecule has 3 fully saturated rings. The first-order chi connectivity index (χ1) is 23.9. The van der Waals surface area contributed by atoms with E-state index in [9.17, 15) is 19.3 Å². The Balaban J connectivity index is 1.10. The van der Waals surface area contributed by atoms with Crippen molar-refractivity contribution in [2.24, 2.45) is 11.3 Å². The lowest BCUT2D eigenvalue weighted by molar-refractivity contribution is -0.0374. The van der Waals surface area contributed by atoms with E-state index in [1.54, 1.807) is 23.0 Å². The fourth-order valence-corrected chi connectivity index (χ4v) is 9.82. The van der Waals surface area contributed by atoms with Crippen molar-refractivity contribution in [2.45, 2.75) is 69.8 Å². The number of hydrogen-bond acceptors (Lipinski definition) is 18. The first kappa shape index (κ1) is 34.6. The number of ether oxygens (including phenoxy) is 4. The van der Waals surface area contributed by atoms with Gasteiger partial charge >= 0.3 is 13.0 Å². The van der Waals surface area contributed by atoms with Crippen LogP contribution in [0.25, 0.3) is 22.3 Å². The summed E-state index contributed by atoms with van der Waals surface area (Å²) in [6.45, 7) is -0.829. The summed E-state index contributed by atoms with van der Waals surface area (Å²) in [6.07, 6.45) is 1.20. The molecule has 5 heterocycles. The highest BCUT2D eigenvalue weighted by Crippen LogP contribution is 2.73. The van der Waals surface area contributed by atoms with Crippen molar-refractivity contribution in [3.8, 4) is 0 Å². The molecule has 3 aliphatic rings. The molecule has 2 aliphatic carbocycles. The zero-order chi connectivity index (χ0) is 35.4. The number of aliphatic hydroxyl groups is 1. The van der Waals surface area contributed by atoms with Gasteiger partial charge in [0.25, 0.3) is 5.56 Å². The van der Waals surface area contributed by atoms with Gasteiger partial charge in [-0.3, -0.25) is 23.4 Å². The zero-order valence-electron chi connectivity index (χ0n) is 27.3. The van der Waals surface area contributed by atoms with Crippen LogP contribution in [0.1, 0.15) is 45.4 Å². The van der Waals surface area contributed by atoms with Gasteiger partial charge in [-0.2, -0.15) is 4.98 Å². The number of H-pyrrole nitrogens is 1.